The van der Waals surface area contributed by atoms with Crippen molar-refractivity contribution in [3.05, 3.63) is 69.2 Å². The van der Waals surface area contributed by atoms with E-state index in [4.69, 9.17) is 11.6 Å². The molecule has 2 aromatic rings. The second kappa shape index (κ2) is 5.74. The Kier molecular flexibility index (Phi) is 3.80. The summed E-state index contributed by atoms with van der Waals surface area (Å²) in [5.74, 6) is 0.495. The van der Waals surface area contributed by atoms with Gasteiger partial charge >= 0.3 is 0 Å². The van der Waals surface area contributed by atoms with Gasteiger partial charge in [0, 0.05) is 28.9 Å². The van der Waals surface area contributed by atoms with E-state index in [0.717, 1.165) is 23.6 Å². The van der Waals surface area contributed by atoms with Crippen LogP contribution in [0.1, 0.15) is 24.3 Å². The number of hydrogen-bond acceptors (Lipinski definition) is 3. The van der Waals surface area contributed by atoms with Crippen LogP contribution in [0.5, 0.6) is 0 Å². The number of nitro benzene ring substituents is 1. The molecule has 0 aromatic heterocycles. The van der Waals surface area contributed by atoms with E-state index in [2.05, 4.69) is 11.4 Å². The Labute approximate surface area is 127 Å². The van der Waals surface area contributed by atoms with Gasteiger partial charge in [-0.05, 0) is 42.5 Å². The number of hydrogen-bond donors (Lipinski definition) is 1. The molecule has 1 saturated carbocycles. The summed E-state index contributed by atoms with van der Waals surface area (Å²) in [6.45, 7) is 0. The standard InChI is InChI=1S/C16H15ClN2O2/c17-16-4-2-1-3-15(16)11-9-13(10-11)18-12-5-7-14(8-6-12)19(20)21/h1-8,11,13,18H,9-10H2. The summed E-state index contributed by atoms with van der Waals surface area (Å²) in [6, 6.07) is 14.9. The molecule has 0 radical (unpaired) electrons. The molecular formula is C16H15ClN2O2. The first kappa shape index (κ1) is 13.9. The summed E-state index contributed by atoms with van der Waals surface area (Å²) in [6.07, 6.45) is 2.06. The molecule has 21 heavy (non-hydrogen) atoms. The second-order valence-corrected chi connectivity index (χ2v) is 5.74. The average molecular weight is 303 g/mol. The second-order valence-electron chi connectivity index (χ2n) is 5.34. The Hall–Kier alpha value is -2.07. The number of rotatable bonds is 4. The molecule has 0 heterocycles. The molecule has 5 heteroatoms. The van der Waals surface area contributed by atoms with Gasteiger partial charge in [0.05, 0.1) is 4.92 Å². The molecule has 1 N–H and O–H groups in total. The maximum Gasteiger partial charge on any atom is 0.269 e. The maximum absolute atomic E-state index is 10.6. The van der Waals surface area contributed by atoms with Gasteiger partial charge in [-0.15, -0.1) is 0 Å². The van der Waals surface area contributed by atoms with E-state index in [9.17, 15) is 10.1 Å². The molecule has 1 aliphatic carbocycles. The molecule has 0 atom stereocenters. The molecule has 1 fully saturated rings. The van der Waals surface area contributed by atoms with Gasteiger partial charge in [-0.3, -0.25) is 10.1 Å². The van der Waals surface area contributed by atoms with Crippen molar-refractivity contribution in [2.75, 3.05) is 5.32 Å². The molecule has 0 saturated heterocycles. The van der Waals surface area contributed by atoms with E-state index in [0.29, 0.717) is 12.0 Å². The van der Waals surface area contributed by atoms with Crippen molar-refractivity contribution in [1.29, 1.82) is 0 Å². The minimum Gasteiger partial charge on any atom is -0.382 e. The number of halogens is 1. The lowest BCUT2D eigenvalue weighted by atomic mass is 9.76. The summed E-state index contributed by atoms with van der Waals surface area (Å²) in [5, 5.41) is 14.8. The molecule has 0 unspecified atom stereocenters. The molecule has 108 valence electrons. The van der Waals surface area contributed by atoms with Gasteiger partial charge in [-0.1, -0.05) is 29.8 Å². The van der Waals surface area contributed by atoms with Gasteiger partial charge in [-0.2, -0.15) is 0 Å². The van der Waals surface area contributed by atoms with Crippen molar-refractivity contribution in [2.45, 2.75) is 24.8 Å². The van der Waals surface area contributed by atoms with Crippen molar-refractivity contribution in [2.24, 2.45) is 0 Å². The highest BCUT2D eigenvalue weighted by atomic mass is 35.5. The lowest BCUT2D eigenvalue weighted by Gasteiger charge is -2.37. The summed E-state index contributed by atoms with van der Waals surface area (Å²) in [5.41, 5.74) is 2.24. The van der Waals surface area contributed by atoms with Crippen molar-refractivity contribution in [3.8, 4) is 0 Å². The lowest BCUT2D eigenvalue weighted by Crippen LogP contribution is -2.34. The minimum atomic E-state index is -0.388. The van der Waals surface area contributed by atoms with Gasteiger partial charge in [-0.25, -0.2) is 0 Å². The molecular weight excluding hydrogens is 288 g/mol. The number of non-ortho nitro benzene ring substituents is 1. The molecule has 0 bridgehead atoms. The van der Waals surface area contributed by atoms with Crippen LogP contribution in [0.15, 0.2) is 48.5 Å². The van der Waals surface area contributed by atoms with Crippen LogP contribution in [0, 0.1) is 10.1 Å². The molecule has 0 aliphatic heterocycles. The summed E-state index contributed by atoms with van der Waals surface area (Å²) in [4.78, 5) is 10.2. The van der Waals surface area contributed by atoms with Crippen molar-refractivity contribution >= 4 is 23.0 Å². The zero-order valence-electron chi connectivity index (χ0n) is 11.3. The first-order chi connectivity index (χ1) is 10.1. The van der Waals surface area contributed by atoms with E-state index in [1.807, 2.05) is 18.2 Å². The number of nitrogens with one attached hydrogen (secondary N) is 1. The first-order valence-corrected chi connectivity index (χ1v) is 7.26. The van der Waals surface area contributed by atoms with Crippen LogP contribution in [-0.4, -0.2) is 11.0 Å². The van der Waals surface area contributed by atoms with E-state index < -0.39 is 0 Å². The van der Waals surface area contributed by atoms with Crippen LogP contribution in [0.4, 0.5) is 11.4 Å². The van der Waals surface area contributed by atoms with Crippen molar-refractivity contribution < 1.29 is 4.92 Å². The maximum atomic E-state index is 10.6. The Balaban J connectivity index is 1.57. The van der Waals surface area contributed by atoms with Gasteiger partial charge in [0.2, 0.25) is 0 Å². The molecule has 0 amide bonds. The largest absolute Gasteiger partial charge is 0.382 e. The predicted molar refractivity (Wildman–Crippen MR) is 83.9 cm³/mol. The third kappa shape index (κ3) is 3.00. The zero-order chi connectivity index (χ0) is 14.8. The summed E-state index contributed by atoms with van der Waals surface area (Å²) in [7, 11) is 0. The van der Waals surface area contributed by atoms with Gasteiger partial charge in [0.1, 0.15) is 0 Å². The van der Waals surface area contributed by atoms with E-state index in [-0.39, 0.29) is 10.6 Å². The monoisotopic (exact) mass is 302 g/mol. The van der Waals surface area contributed by atoms with E-state index in [1.165, 1.54) is 17.7 Å². The van der Waals surface area contributed by atoms with Crippen molar-refractivity contribution in [1.82, 2.24) is 0 Å². The number of nitro groups is 1. The molecule has 4 nitrogen and oxygen atoms in total. The minimum absolute atomic E-state index is 0.114. The molecule has 3 rings (SSSR count). The zero-order valence-corrected chi connectivity index (χ0v) is 12.1. The highest BCUT2D eigenvalue weighted by Crippen LogP contribution is 2.41. The highest BCUT2D eigenvalue weighted by Gasteiger charge is 2.31. The number of benzene rings is 2. The first-order valence-electron chi connectivity index (χ1n) is 6.89. The van der Waals surface area contributed by atoms with E-state index >= 15 is 0 Å². The van der Waals surface area contributed by atoms with Gasteiger partial charge in [0.25, 0.3) is 5.69 Å². The normalized spacial score (nSPS) is 20.6. The predicted octanol–water partition coefficient (Wildman–Crippen LogP) is 4.61. The SMILES string of the molecule is O=[N+]([O-])c1ccc(NC2CC(c3ccccc3Cl)C2)cc1. The van der Waals surface area contributed by atoms with E-state index in [1.54, 1.807) is 12.1 Å². The number of anilines is 1. The fraction of sp³-hybridized carbons (Fsp3) is 0.250. The number of nitrogens with zero attached hydrogens (tertiary/aromatic N) is 1. The average Bonchev–Trinajstić information content (AvgIpc) is 2.44. The quantitative estimate of drug-likeness (QED) is 0.663. The van der Waals surface area contributed by atoms with Gasteiger partial charge < -0.3 is 5.32 Å². The highest BCUT2D eigenvalue weighted by molar-refractivity contribution is 6.31. The lowest BCUT2D eigenvalue weighted by molar-refractivity contribution is -0.384. The van der Waals surface area contributed by atoms with Gasteiger partial charge in [0.15, 0.2) is 0 Å². The topological polar surface area (TPSA) is 55.2 Å². The van der Waals surface area contributed by atoms with Crippen LogP contribution in [0.3, 0.4) is 0 Å². The van der Waals surface area contributed by atoms with Crippen LogP contribution in [0.25, 0.3) is 0 Å². The van der Waals surface area contributed by atoms with Crippen molar-refractivity contribution in [3.63, 3.8) is 0 Å². The third-order valence-electron chi connectivity index (χ3n) is 3.93. The smallest absolute Gasteiger partial charge is 0.269 e. The summed E-state index contributed by atoms with van der Waals surface area (Å²) >= 11 is 6.20. The van der Waals surface area contributed by atoms with Crippen LogP contribution in [0.2, 0.25) is 5.02 Å². The molecule has 2 aromatic carbocycles. The Bertz CT molecular complexity index is 652. The van der Waals surface area contributed by atoms with Crippen LogP contribution < -0.4 is 5.32 Å². The van der Waals surface area contributed by atoms with Crippen LogP contribution >= 0.6 is 11.6 Å². The Morgan fingerprint density at radius 1 is 1.10 bits per heavy atom. The fourth-order valence-electron chi connectivity index (χ4n) is 2.71. The molecule has 0 spiro atoms. The fourth-order valence-corrected chi connectivity index (χ4v) is 3.00. The Morgan fingerprint density at radius 3 is 2.38 bits per heavy atom. The van der Waals surface area contributed by atoms with Crippen LogP contribution in [-0.2, 0) is 0 Å². The Morgan fingerprint density at radius 2 is 1.76 bits per heavy atom. The summed E-state index contributed by atoms with van der Waals surface area (Å²) < 4.78 is 0. The molecule has 1 aliphatic rings. The third-order valence-corrected chi connectivity index (χ3v) is 4.28.